The van der Waals surface area contributed by atoms with Gasteiger partial charge in [-0.15, -0.1) is 0 Å². The van der Waals surface area contributed by atoms with Crippen molar-refractivity contribution in [2.45, 2.75) is 25.9 Å². The van der Waals surface area contributed by atoms with Gasteiger partial charge in [-0.2, -0.15) is 13.2 Å². The van der Waals surface area contributed by atoms with Gasteiger partial charge in [0.25, 0.3) is 0 Å². The van der Waals surface area contributed by atoms with E-state index in [-0.39, 0.29) is 0 Å². The van der Waals surface area contributed by atoms with E-state index in [1.165, 1.54) is 0 Å². The van der Waals surface area contributed by atoms with E-state index in [1.54, 1.807) is 0 Å². The molecule has 6 heteroatoms. The van der Waals surface area contributed by atoms with Crippen molar-refractivity contribution in [3.05, 3.63) is 6.08 Å². The van der Waals surface area contributed by atoms with Gasteiger partial charge in [0.2, 0.25) is 0 Å². The summed E-state index contributed by atoms with van der Waals surface area (Å²) in [5, 5.41) is 7.91. The monoisotopic (exact) mass is 198 g/mol. The molecule has 1 N–H and O–H groups in total. The third kappa shape index (κ3) is 24.9. The zero-order valence-corrected chi connectivity index (χ0v) is 6.89. The quantitative estimate of drug-likeness (QED) is 0.688. The van der Waals surface area contributed by atoms with E-state index in [1.807, 2.05) is 6.92 Å². The Kier molecular flexibility index (Phi) is 8.07. The molecular formula is C7H9F3O3. The highest BCUT2D eigenvalue weighted by molar-refractivity contribution is 5.66. The maximum absolute atomic E-state index is 10.7. The van der Waals surface area contributed by atoms with E-state index in [4.69, 9.17) is 9.90 Å². The van der Waals surface area contributed by atoms with Crippen LogP contribution in [0.15, 0.2) is 6.08 Å². The number of hydrogen-bond donors (Lipinski definition) is 1. The van der Waals surface area contributed by atoms with Gasteiger partial charge in [0, 0.05) is 6.42 Å². The van der Waals surface area contributed by atoms with Gasteiger partial charge in [-0.3, -0.25) is 4.79 Å². The van der Waals surface area contributed by atoms with Gasteiger partial charge >= 0.3 is 12.1 Å². The smallest absolute Gasteiger partial charge is 0.420 e. The molecule has 0 heterocycles. The Morgan fingerprint density at radius 1 is 1.54 bits per heavy atom. The molecule has 0 aliphatic heterocycles. The van der Waals surface area contributed by atoms with Crippen LogP contribution in [-0.2, 0) is 9.59 Å². The molecule has 3 nitrogen and oxygen atoms in total. The summed E-state index contributed by atoms with van der Waals surface area (Å²) in [6.07, 6.45) is -3.97. The molecule has 0 aromatic carbocycles. The highest BCUT2D eigenvalue weighted by Crippen LogP contribution is 2.13. The number of carboxylic acid groups (broad SMARTS) is 1. The first kappa shape index (κ1) is 14.2. The highest BCUT2D eigenvalue weighted by atomic mass is 19.4. The molecule has 0 fully saturated rings. The zero-order valence-electron chi connectivity index (χ0n) is 6.89. The van der Waals surface area contributed by atoms with Crippen molar-refractivity contribution in [3.63, 3.8) is 0 Å². The van der Waals surface area contributed by atoms with Gasteiger partial charge in [-0.25, -0.2) is 4.79 Å². The molecule has 0 aliphatic carbocycles. The minimum Gasteiger partial charge on any atom is -0.481 e. The summed E-state index contributed by atoms with van der Waals surface area (Å²) in [5.41, 5.74) is 0. The second-order valence-corrected chi connectivity index (χ2v) is 1.95. The number of halogens is 3. The van der Waals surface area contributed by atoms with Crippen LogP contribution in [0.3, 0.4) is 0 Å². The SMILES string of the molecule is CCCC(=O)O.O=C=CC(F)(F)F. The molecule has 0 amide bonds. The lowest BCUT2D eigenvalue weighted by Gasteiger charge is -1.90. The fourth-order valence-electron chi connectivity index (χ4n) is 0.281. The van der Waals surface area contributed by atoms with Crippen LogP contribution in [0, 0.1) is 0 Å². The van der Waals surface area contributed by atoms with Gasteiger partial charge in [0.1, 0.15) is 12.0 Å². The minimum absolute atomic E-state index is 0.292. The van der Waals surface area contributed by atoms with E-state index in [2.05, 4.69) is 0 Å². The number of carbonyl (C=O) groups excluding carboxylic acids is 1. The second-order valence-electron chi connectivity index (χ2n) is 1.95. The molecule has 0 unspecified atom stereocenters. The van der Waals surface area contributed by atoms with Crippen molar-refractivity contribution >= 4 is 11.9 Å². The standard InChI is InChI=1S/C4H8O2.C3HF3O/c1-2-3-4(5)6;4-3(5,6)1-2-7/h2-3H2,1H3,(H,5,6);1H. The molecule has 0 bridgehead atoms. The zero-order chi connectivity index (χ0) is 10.9. The first-order valence-corrected chi connectivity index (χ1v) is 3.34. The largest absolute Gasteiger partial charge is 0.481 e. The summed E-state index contributed by atoms with van der Waals surface area (Å²) in [6.45, 7) is 1.84. The molecule has 0 spiro atoms. The first-order valence-electron chi connectivity index (χ1n) is 3.34. The van der Waals surface area contributed by atoms with Crippen LogP contribution in [0.4, 0.5) is 13.2 Å². The van der Waals surface area contributed by atoms with Crippen LogP contribution in [0.1, 0.15) is 19.8 Å². The van der Waals surface area contributed by atoms with Gasteiger partial charge in [0.15, 0.2) is 0 Å². The lowest BCUT2D eigenvalue weighted by molar-refractivity contribution is -0.137. The first-order chi connectivity index (χ1) is 5.83. The van der Waals surface area contributed by atoms with Crippen LogP contribution in [-0.4, -0.2) is 23.2 Å². The Labute approximate surface area is 72.9 Å². The van der Waals surface area contributed by atoms with Gasteiger partial charge < -0.3 is 5.11 Å². The van der Waals surface area contributed by atoms with Crippen molar-refractivity contribution in [1.29, 1.82) is 0 Å². The van der Waals surface area contributed by atoms with E-state index in [0.717, 1.165) is 6.42 Å². The number of carbonyl (C=O) groups is 1. The van der Waals surface area contributed by atoms with E-state index in [9.17, 15) is 18.0 Å². The van der Waals surface area contributed by atoms with Crippen molar-refractivity contribution in [1.82, 2.24) is 0 Å². The number of alkyl halides is 3. The van der Waals surface area contributed by atoms with Crippen LogP contribution in [0.2, 0.25) is 0 Å². The van der Waals surface area contributed by atoms with Gasteiger partial charge in [0.05, 0.1) is 0 Å². The summed E-state index contributed by atoms with van der Waals surface area (Å²) in [7, 11) is 0. The van der Waals surface area contributed by atoms with Crippen molar-refractivity contribution in [2.24, 2.45) is 0 Å². The molecule has 0 aliphatic rings. The van der Waals surface area contributed by atoms with Crippen molar-refractivity contribution < 1.29 is 27.9 Å². The predicted molar refractivity (Wildman–Crippen MR) is 38.9 cm³/mol. The van der Waals surface area contributed by atoms with Gasteiger partial charge in [-0.05, 0) is 6.42 Å². The summed E-state index contributed by atoms with van der Waals surface area (Å²) in [4.78, 5) is 18.5. The normalized spacial score (nSPS) is 9.23. The Hall–Kier alpha value is -1.29. The molecule has 0 radical (unpaired) electrons. The molecule has 0 saturated heterocycles. The van der Waals surface area contributed by atoms with Crippen LogP contribution in [0.5, 0.6) is 0 Å². The summed E-state index contributed by atoms with van der Waals surface area (Å²) in [6, 6.07) is 0. The summed E-state index contributed by atoms with van der Waals surface area (Å²) >= 11 is 0. The molecule has 0 rings (SSSR count). The van der Waals surface area contributed by atoms with Gasteiger partial charge in [-0.1, -0.05) is 6.92 Å². The summed E-state index contributed by atoms with van der Waals surface area (Å²) < 4.78 is 32.2. The number of aliphatic carboxylic acids is 1. The number of rotatable bonds is 2. The average Bonchev–Trinajstić information content (AvgIpc) is 1.84. The Balaban J connectivity index is 0. The van der Waals surface area contributed by atoms with Crippen molar-refractivity contribution in [2.75, 3.05) is 0 Å². The van der Waals surface area contributed by atoms with E-state index in [0.29, 0.717) is 12.4 Å². The number of carboxylic acids is 1. The lowest BCUT2D eigenvalue weighted by atomic mass is 10.4. The Morgan fingerprint density at radius 2 is 2.00 bits per heavy atom. The predicted octanol–water partition coefficient (Wildman–Crippen LogP) is 1.81. The molecule has 0 atom stereocenters. The minimum atomic E-state index is -4.50. The van der Waals surface area contributed by atoms with E-state index < -0.39 is 18.2 Å². The van der Waals surface area contributed by atoms with Crippen molar-refractivity contribution in [3.8, 4) is 0 Å². The number of hydrogen-bond acceptors (Lipinski definition) is 2. The summed E-state index contributed by atoms with van der Waals surface area (Å²) in [5.74, 6) is -0.103. The average molecular weight is 198 g/mol. The van der Waals surface area contributed by atoms with Crippen LogP contribution < -0.4 is 0 Å². The molecule has 76 valence electrons. The lowest BCUT2D eigenvalue weighted by Crippen LogP contribution is -2.00. The molecule has 0 aromatic rings. The maximum atomic E-state index is 10.7. The third-order valence-electron chi connectivity index (χ3n) is 0.686. The fraction of sp³-hybridized carbons (Fsp3) is 0.571. The van der Waals surface area contributed by atoms with E-state index >= 15 is 0 Å². The maximum Gasteiger partial charge on any atom is 0.420 e. The highest BCUT2D eigenvalue weighted by Gasteiger charge is 2.22. The third-order valence-corrected chi connectivity index (χ3v) is 0.686. The molecule has 0 saturated carbocycles. The Bertz CT molecular complexity index is 192. The van der Waals surface area contributed by atoms with Crippen LogP contribution in [0.25, 0.3) is 0 Å². The fourth-order valence-corrected chi connectivity index (χ4v) is 0.281. The second kappa shape index (κ2) is 7.36. The Morgan fingerprint density at radius 3 is 2.00 bits per heavy atom. The molecule has 13 heavy (non-hydrogen) atoms. The molecular weight excluding hydrogens is 189 g/mol. The topological polar surface area (TPSA) is 54.4 Å². The van der Waals surface area contributed by atoms with Crippen LogP contribution >= 0.6 is 0 Å². The molecule has 0 aromatic heterocycles. The number of allylic oxidation sites excluding steroid dienone is 1.